The van der Waals surface area contributed by atoms with Gasteiger partial charge in [0.1, 0.15) is 0 Å². The van der Waals surface area contributed by atoms with E-state index in [-0.39, 0.29) is 11.7 Å². The molecule has 26 heavy (non-hydrogen) atoms. The standard InChI is InChI=1S/C19H29N3O3S/c23-19(21-10-6-1-2-7-11-21)16-20-12-14-22(15-13-20)26(24,25)17-18-8-4-3-5-9-18/h3-5,8-9H,1-2,6-7,10-17H2. The zero-order valence-corrected chi connectivity index (χ0v) is 16.2. The van der Waals surface area contributed by atoms with Crippen LogP contribution in [0.2, 0.25) is 0 Å². The average molecular weight is 380 g/mol. The first-order valence-electron chi connectivity index (χ1n) is 9.56. The maximum absolute atomic E-state index is 12.6. The molecule has 0 N–H and O–H groups in total. The van der Waals surface area contributed by atoms with Crippen LogP contribution in [0.4, 0.5) is 0 Å². The van der Waals surface area contributed by atoms with Gasteiger partial charge in [0, 0.05) is 39.3 Å². The van der Waals surface area contributed by atoms with Crippen molar-refractivity contribution >= 4 is 15.9 Å². The summed E-state index contributed by atoms with van der Waals surface area (Å²) in [5, 5.41) is 0. The Morgan fingerprint density at radius 1 is 0.846 bits per heavy atom. The normalized spacial score (nSPS) is 20.7. The highest BCUT2D eigenvalue weighted by atomic mass is 32.2. The van der Waals surface area contributed by atoms with Crippen LogP contribution in [0.3, 0.4) is 0 Å². The molecule has 2 fully saturated rings. The Kier molecular flexibility index (Phi) is 6.67. The summed E-state index contributed by atoms with van der Waals surface area (Å²) in [6, 6.07) is 9.28. The zero-order chi connectivity index (χ0) is 18.4. The summed E-state index contributed by atoms with van der Waals surface area (Å²) >= 11 is 0. The van der Waals surface area contributed by atoms with Crippen molar-refractivity contribution < 1.29 is 13.2 Å². The highest BCUT2D eigenvalue weighted by Gasteiger charge is 2.28. The monoisotopic (exact) mass is 379 g/mol. The van der Waals surface area contributed by atoms with E-state index in [0.29, 0.717) is 32.7 Å². The molecule has 1 aromatic carbocycles. The molecular formula is C19H29N3O3S. The number of hydrogen-bond acceptors (Lipinski definition) is 4. The summed E-state index contributed by atoms with van der Waals surface area (Å²) in [6.07, 6.45) is 4.61. The first kappa shape index (κ1) is 19.3. The second-order valence-electron chi connectivity index (χ2n) is 7.21. The van der Waals surface area contributed by atoms with Crippen LogP contribution in [0.15, 0.2) is 30.3 Å². The van der Waals surface area contributed by atoms with Crippen molar-refractivity contribution in [3.05, 3.63) is 35.9 Å². The van der Waals surface area contributed by atoms with Crippen molar-refractivity contribution in [2.75, 3.05) is 45.8 Å². The fourth-order valence-corrected chi connectivity index (χ4v) is 5.17. The predicted octanol–water partition coefficient (Wildman–Crippen LogP) is 1.54. The van der Waals surface area contributed by atoms with Crippen LogP contribution in [0.5, 0.6) is 0 Å². The molecule has 6 nitrogen and oxygen atoms in total. The Hall–Kier alpha value is -1.44. The number of nitrogens with zero attached hydrogens (tertiary/aromatic N) is 3. The number of carbonyl (C=O) groups excluding carboxylic acids is 1. The van der Waals surface area contributed by atoms with Crippen LogP contribution < -0.4 is 0 Å². The van der Waals surface area contributed by atoms with Gasteiger partial charge in [0.2, 0.25) is 15.9 Å². The number of carbonyl (C=O) groups is 1. The number of sulfonamides is 1. The lowest BCUT2D eigenvalue weighted by Gasteiger charge is -2.34. The maximum Gasteiger partial charge on any atom is 0.236 e. The first-order valence-corrected chi connectivity index (χ1v) is 11.2. The molecule has 0 spiro atoms. The molecule has 0 saturated carbocycles. The van der Waals surface area contributed by atoms with Crippen LogP contribution in [-0.4, -0.2) is 74.2 Å². The molecule has 3 rings (SSSR count). The highest BCUT2D eigenvalue weighted by molar-refractivity contribution is 7.88. The van der Waals surface area contributed by atoms with Crippen LogP contribution >= 0.6 is 0 Å². The summed E-state index contributed by atoms with van der Waals surface area (Å²) in [4.78, 5) is 16.6. The Balaban J connectivity index is 1.48. The summed E-state index contributed by atoms with van der Waals surface area (Å²) < 4.78 is 26.8. The summed E-state index contributed by atoms with van der Waals surface area (Å²) in [5.74, 6) is 0.230. The maximum atomic E-state index is 12.6. The van der Waals surface area contributed by atoms with Gasteiger partial charge in [-0.15, -0.1) is 0 Å². The van der Waals surface area contributed by atoms with E-state index in [0.717, 1.165) is 31.5 Å². The van der Waals surface area contributed by atoms with Crippen LogP contribution in [0.1, 0.15) is 31.2 Å². The van der Waals surface area contributed by atoms with Crippen LogP contribution in [0, 0.1) is 0 Å². The van der Waals surface area contributed by atoms with Crippen molar-refractivity contribution in [2.24, 2.45) is 0 Å². The number of rotatable bonds is 5. The van der Waals surface area contributed by atoms with Crippen LogP contribution in [-0.2, 0) is 20.6 Å². The lowest BCUT2D eigenvalue weighted by atomic mass is 10.2. The van der Waals surface area contributed by atoms with Gasteiger partial charge in [-0.3, -0.25) is 9.69 Å². The summed E-state index contributed by atoms with van der Waals surface area (Å²) in [6.45, 7) is 4.30. The van der Waals surface area contributed by atoms with Crippen molar-refractivity contribution in [2.45, 2.75) is 31.4 Å². The first-order chi connectivity index (χ1) is 12.5. The fourth-order valence-electron chi connectivity index (χ4n) is 3.65. The number of benzene rings is 1. The lowest BCUT2D eigenvalue weighted by Crippen LogP contribution is -2.51. The van der Waals surface area contributed by atoms with Crippen molar-refractivity contribution in [1.82, 2.24) is 14.1 Å². The molecule has 0 aliphatic carbocycles. The summed E-state index contributed by atoms with van der Waals surface area (Å²) in [5.41, 5.74) is 0.811. The molecule has 0 unspecified atom stereocenters. The lowest BCUT2D eigenvalue weighted by molar-refractivity contribution is -0.132. The van der Waals surface area contributed by atoms with E-state index in [4.69, 9.17) is 0 Å². The molecule has 0 radical (unpaired) electrons. The van der Waals surface area contributed by atoms with Gasteiger partial charge in [-0.1, -0.05) is 43.2 Å². The Labute approximate surface area is 156 Å². The van der Waals surface area contributed by atoms with Gasteiger partial charge >= 0.3 is 0 Å². The van der Waals surface area contributed by atoms with Crippen LogP contribution in [0.25, 0.3) is 0 Å². The number of amides is 1. The molecule has 7 heteroatoms. The quantitative estimate of drug-likeness (QED) is 0.779. The number of piperazine rings is 1. The van der Waals surface area contributed by atoms with Gasteiger partial charge in [0.05, 0.1) is 12.3 Å². The molecule has 144 valence electrons. The number of likely N-dealkylation sites (tertiary alicyclic amines) is 1. The largest absolute Gasteiger partial charge is 0.342 e. The van der Waals surface area contributed by atoms with E-state index in [2.05, 4.69) is 4.90 Å². The highest BCUT2D eigenvalue weighted by Crippen LogP contribution is 2.14. The summed E-state index contributed by atoms with van der Waals surface area (Å²) in [7, 11) is -3.30. The Morgan fingerprint density at radius 2 is 1.46 bits per heavy atom. The molecule has 1 amide bonds. The Bertz CT molecular complexity index is 677. The van der Waals surface area contributed by atoms with Gasteiger partial charge in [0.25, 0.3) is 0 Å². The smallest absolute Gasteiger partial charge is 0.236 e. The second-order valence-corrected chi connectivity index (χ2v) is 9.18. The van der Waals surface area contributed by atoms with E-state index in [1.54, 1.807) is 4.31 Å². The van der Waals surface area contributed by atoms with Gasteiger partial charge in [-0.05, 0) is 18.4 Å². The minimum atomic E-state index is -3.30. The SMILES string of the molecule is O=C(CN1CCN(S(=O)(=O)Cc2ccccc2)CC1)N1CCCCCC1. The van der Waals surface area contributed by atoms with Gasteiger partial charge in [-0.2, -0.15) is 4.31 Å². The van der Waals surface area contributed by atoms with Gasteiger partial charge < -0.3 is 4.90 Å². The molecular weight excluding hydrogens is 350 g/mol. The number of hydrogen-bond donors (Lipinski definition) is 0. The molecule has 2 aliphatic heterocycles. The predicted molar refractivity (Wildman–Crippen MR) is 102 cm³/mol. The van der Waals surface area contributed by atoms with E-state index in [1.807, 2.05) is 35.2 Å². The second kappa shape index (κ2) is 8.97. The molecule has 2 heterocycles. The Morgan fingerprint density at radius 3 is 2.08 bits per heavy atom. The van der Waals surface area contributed by atoms with E-state index < -0.39 is 10.0 Å². The minimum absolute atomic E-state index is 0.0422. The fraction of sp³-hybridized carbons (Fsp3) is 0.632. The zero-order valence-electron chi connectivity index (χ0n) is 15.3. The topological polar surface area (TPSA) is 60.9 Å². The van der Waals surface area contributed by atoms with E-state index >= 15 is 0 Å². The van der Waals surface area contributed by atoms with Crippen molar-refractivity contribution in [1.29, 1.82) is 0 Å². The van der Waals surface area contributed by atoms with Crippen molar-refractivity contribution in [3.8, 4) is 0 Å². The van der Waals surface area contributed by atoms with Gasteiger partial charge in [0.15, 0.2) is 0 Å². The molecule has 0 bridgehead atoms. The van der Waals surface area contributed by atoms with Crippen molar-refractivity contribution in [3.63, 3.8) is 0 Å². The molecule has 2 aliphatic rings. The third-order valence-corrected chi connectivity index (χ3v) is 7.08. The van der Waals surface area contributed by atoms with E-state index in [1.165, 1.54) is 12.8 Å². The molecule has 2 saturated heterocycles. The molecule has 0 aromatic heterocycles. The average Bonchev–Trinajstić information content (AvgIpc) is 2.92. The van der Waals surface area contributed by atoms with E-state index in [9.17, 15) is 13.2 Å². The third-order valence-electron chi connectivity index (χ3n) is 5.23. The minimum Gasteiger partial charge on any atom is -0.342 e. The third kappa shape index (κ3) is 5.28. The van der Waals surface area contributed by atoms with Gasteiger partial charge in [-0.25, -0.2) is 8.42 Å². The molecule has 1 aromatic rings. The molecule has 0 atom stereocenters.